The summed E-state index contributed by atoms with van der Waals surface area (Å²) in [5.74, 6) is 1.36. The van der Waals surface area contributed by atoms with Gasteiger partial charge in [-0.15, -0.1) is 0 Å². The van der Waals surface area contributed by atoms with Crippen LogP contribution < -0.4 is 14.8 Å². The monoisotopic (exact) mass is 301 g/mol. The molecule has 0 bridgehead atoms. The summed E-state index contributed by atoms with van der Waals surface area (Å²) >= 11 is 11.3. The van der Waals surface area contributed by atoms with Crippen molar-refractivity contribution in [1.82, 2.24) is 5.32 Å². The Morgan fingerprint density at radius 2 is 2.21 bits per heavy atom. The summed E-state index contributed by atoms with van der Waals surface area (Å²) < 4.78 is 10.9. The second-order valence-corrected chi connectivity index (χ2v) is 5.19. The summed E-state index contributed by atoms with van der Waals surface area (Å²) in [4.78, 5) is 0. The lowest BCUT2D eigenvalue weighted by Gasteiger charge is -2.12. The molecule has 0 heterocycles. The smallest absolute Gasteiger partial charge is 0.162 e. The van der Waals surface area contributed by atoms with E-state index in [1.165, 1.54) is 18.4 Å². The topological polar surface area (TPSA) is 30.5 Å². The van der Waals surface area contributed by atoms with Gasteiger partial charge in [-0.05, 0) is 30.5 Å². The van der Waals surface area contributed by atoms with Crippen LogP contribution >= 0.6 is 23.2 Å². The second kappa shape index (κ2) is 7.04. The minimum Gasteiger partial charge on any atom is -0.493 e. The predicted molar refractivity (Wildman–Crippen MR) is 78.1 cm³/mol. The molecular weight excluding hydrogens is 285 g/mol. The van der Waals surface area contributed by atoms with E-state index in [1.807, 2.05) is 18.2 Å². The summed E-state index contributed by atoms with van der Waals surface area (Å²) in [6.07, 6.45) is 2.55. The molecule has 19 heavy (non-hydrogen) atoms. The van der Waals surface area contributed by atoms with Crippen molar-refractivity contribution in [1.29, 1.82) is 0 Å². The molecule has 0 unspecified atom stereocenters. The first-order valence-electron chi connectivity index (χ1n) is 6.20. The molecule has 1 aliphatic rings. The van der Waals surface area contributed by atoms with Gasteiger partial charge in [0, 0.05) is 18.1 Å². The van der Waals surface area contributed by atoms with Crippen LogP contribution in [0.3, 0.4) is 0 Å². The van der Waals surface area contributed by atoms with Crippen molar-refractivity contribution < 1.29 is 9.47 Å². The highest BCUT2D eigenvalue weighted by molar-refractivity contribution is 6.36. The zero-order valence-corrected chi connectivity index (χ0v) is 12.3. The van der Waals surface area contributed by atoms with Gasteiger partial charge in [0.1, 0.15) is 6.61 Å². The van der Waals surface area contributed by atoms with Crippen molar-refractivity contribution in [3.05, 3.63) is 34.3 Å². The van der Waals surface area contributed by atoms with E-state index >= 15 is 0 Å². The summed E-state index contributed by atoms with van der Waals surface area (Å²) in [6, 6.07) is 6.57. The Balaban J connectivity index is 2.01. The molecule has 0 radical (unpaired) electrons. The summed E-state index contributed by atoms with van der Waals surface area (Å²) in [7, 11) is 1.61. The largest absolute Gasteiger partial charge is 0.493 e. The van der Waals surface area contributed by atoms with Gasteiger partial charge < -0.3 is 14.8 Å². The molecule has 1 fully saturated rings. The van der Waals surface area contributed by atoms with E-state index in [4.69, 9.17) is 32.7 Å². The number of nitrogens with one attached hydrogen (secondary N) is 1. The maximum Gasteiger partial charge on any atom is 0.162 e. The van der Waals surface area contributed by atoms with Crippen LogP contribution in [0.15, 0.2) is 28.8 Å². The highest BCUT2D eigenvalue weighted by Gasteiger charge is 2.20. The van der Waals surface area contributed by atoms with Gasteiger partial charge in [0.05, 0.1) is 12.1 Å². The average Bonchev–Trinajstić information content (AvgIpc) is 3.26. The van der Waals surface area contributed by atoms with Crippen LogP contribution in [0.1, 0.15) is 18.4 Å². The first-order valence-corrected chi connectivity index (χ1v) is 7.02. The third-order valence-electron chi connectivity index (χ3n) is 2.88. The van der Waals surface area contributed by atoms with Crippen molar-refractivity contribution in [2.75, 3.05) is 13.7 Å². The average molecular weight is 302 g/mol. The molecule has 3 nitrogen and oxygen atoms in total. The summed E-state index contributed by atoms with van der Waals surface area (Å²) in [5, 5.41) is 3.91. The van der Waals surface area contributed by atoms with Gasteiger partial charge in [-0.25, -0.2) is 0 Å². The Hall–Kier alpha value is -0.900. The van der Waals surface area contributed by atoms with Gasteiger partial charge in [0.2, 0.25) is 0 Å². The Morgan fingerprint density at radius 1 is 1.42 bits per heavy atom. The maximum atomic E-state index is 5.81. The minimum atomic E-state index is 0.237. The molecule has 0 atom stereocenters. The molecule has 0 amide bonds. The van der Waals surface area contributed by atoms with Gasteiger partial charge in [0.25, 0.3) is 0 Å². The van der Waals surface area contributed by atoms with Gasteiger partial charge in [-0.1, -0.05) is 29.3 Å². The molecule has 0 aliphatic heterocycles. The molecule has 0 aromatic heterocycles. The lowest BCUT2D eigenvalue weighted by Crippen LogP contribution is -2.15. The van der Waals surface area contributed by atoms with Crippen LogP contribution in [0, 0.1) is 0 Å². The zero-order chi connectivity index (χ0) is 13.7. The van der Waals surface area contributed by atoms with Gasteiger partial charge in [-0.2, -0.15) is 0 Å². The number of benzene rings is 1. The Labute approximate surface area is 123 Å². The SMILES string of the molecule is COc1ccc(CNC2CC2)cc1OCC(Cl)=CCl. The number of methoxy groups -OCH3 is 1. The molecule has 1 aliphatic carbocycles. The first-order chi connectivity index (χ1) is 9.22. The lowest BCUT2D eigenvalue weighted by molar-refractivity contribution is 0.323. The molecule has 104 valence electrons. The van der Waals surface area contributed by atoms with Crippen molar-refractivity contribution in [3.63, 3.8) is 0 Å². The fourth-order valence-electron chi connectivity index (χ4n) is 1.67. The highest BCUT2D eigenvalue weighted by atomic mass is 35.5. The van der Waals surface area contributed by atoms with Gasteiger partial charge in [0.15, 0.2) is 11.5 Å². The zero-order valence-electron chi connectivity index (χ0n) is 10.8. The van der Waals surface area contributed by atoms with Gasteiger partial charge >= 0.3 is 0 Å². The van der Waals surface area contributed by atoms with Crippen LogP contribution in [0.25, 0.3) is 0 Å². The Kier molecular flexibility index (Phi) is 5.37. The quantitative estimate of drug-likeness (QED) is 0.834. The standard InChI is InChI=1S/C14H17Cl2NO2/c1-18-13-5-2-10(8-17-12-3-4-12)6-14(13)19-9-11(16)7-15/h2,5-7,12,17H,3-4,8-9H2,1H3. The number of halogens is 2. The van der Waals surface area contributed by atoms with Crippen LogP contribution in [0.4, 0.5) is 0 Å². The van der Waals surface area contributed by atoms with Crippen LogP contribution in [-0.4, -0.2) is 19.8 Å². The van der Waals surface area contributed by atoms with E-state index in [0.29, 0.717) is 22.6 Å². The van der Waals surface area contributed by atoms with Gasteiger partial charge in [-0.3, -0.25) is 0 Å². The molecule has 1 saturated carbocycles. The molecule has 1 N–H and O–H groups in total. The number of rotatable bonds is 7. The Bertz CT molecular complexity index is 459. The molecule has 2 rings (SSSR count). The van der Waals surface area contributed by atoms with E-state index in [2.05, 4.69) is 5.32 Å². The first kappa shape index (κ1) is 14.5. The lowest BCUT2D eigenvalue weighted by atomic mass is 10.2. The molecular formula is C14H17Cl2NO2. The third kappa shape index (κ3) is 4.60. The molecule has 0 spiro atoms. The number of hydrogen-bond donors (Lipinski definition) is 1. The van der Waals surface area contributed by atoms with Crippen molar-refractivity contribution >= 4 is 23.2 Å². The fourth-order valence-corrected chi connectivity index (χ4v) is 1.79. The summed E-state index contributed by atoms with van der Waals surface area (Å²) in [6.45, 7) is 1.07. The molecule has 5 heteroatoms. The minimum absolute atomic E-state index is 0.237. The van der Waals surface area contributed by atoms with E-state index in [9.17, 15) is 0 Å². The van der Waals surface area contributed by atoms with E-state index in [-0.39, 0.29) is 6.61 Å². The normalized spacial score (nSPS) is 15.4. The predicted octanol–water partition coefficient (Wildman–Crippen LogP) is 3.65. The third-order valence-corrected chi connectivity index (χ3v) is 3.48. The van der Waals surface area contributed by atoms with Crippen LogP contribution in [-0.2, 0) is 6.54 Å². The maximum absolute atomic E-state index is 5.81. The van der Waals surface area contributed by atoms with Crippen molar-refractivity contribution in [2.24, 2.45) is 0 Å². The Morgan fingerprint density at radius 3 is 2.84 bits per heavy atom. The van der Waals surface area contributed by atoms with Crippen molar-refractivity contribution in [3.8, 4) is 11.5 Å². The number of ether oxygens (including phenoxy) is 2. The second-order valence-electron chi connectivity index (χ2n) is 4.49. The van der Waals surface area contributed by atoms with Crippen LogP contribution in [0.2, 0.25) is 0 Å². The van der Waals surface area contributed by atoms with E-state index < -0.39 is 0 Å². The van der Waals surface area contributed by atoms with Crippen molar-refractivity contribution in [2.45, 2.75) is 25.4 Å². The van der Waals surface area contributed by atoms with Crippen LogP contribution in [0.5, 0.6) is 11.5 Å². The van der Waals surface area contributed by atoms with E-state index in [1.54, 1.807) is 7.11 Å². The van der Waals surface area contributed by atoms with E-state index in [0.717, 1.165) is 12.1 Å². The molecule has 1 aromatic rings. The fraction of sp³-hybridized carbons (Fsp3) is 0.429. The number of hydrogen-bond acceptors (Lipinski definition) is 3. The molecule has 0 saturated heterocycles. The molecule has 1 aromatic carbocycles. The summed E-state index contributed by atoms with van der Waals surface area (Å²) in [5.41, 5.74) is 2.46. The highest BCUT2D eigenvalue weighted by Crippen LogP contribution is 2.29.